The Morgan fingerprint density at radius 3 is 2.33 bits per heavy atom. The van der Waals surface area contributed by atoms with Gasteiger partial charge >= 0.3 is 23.9 Å². The number of cyclic esters (lactones) is 1. The van der Waals surface area contributed by atoms with Crippen LogP contribution in [0.15, 0.2) is 11.6 Å². The van der Waals surface area contributed by atoms with Crippen molar-refractivity contribution >= 4 is 23.9 Å². The lowest BCUT2D eigenvalue weighted by atomic mass is 9.40. The summed E-state index contributed by atoms with van der Waals surface area (Å²) in [6.45, 7) is 5.54. The van der Waals surface area contributed by atoms with Crippen molar-refractivity contribution in [2.75, 3.05) is 13.2 Å². The molecule has 0 radical (unpaired) electrons. The van der Waals surface area contributed by atoms with E-state index in [2.05, 4.69) is 0 Å². The molecule has 5 aliphatic rings. The van der Waals surface area contributed by atoms with Crippen LogP contribution in [0.5, 0.6) is 0 Å². The molecular weight excluding hydrogens is 524 g/mol. The summed E-state index contributed by atoms with van der Waals surface area (Å²) in [5.74, 6) is -3.61. The molecule has 1 heterocycles. The molecule has 0 spiro atoms. The first-order chi connectivity index (χ1) is 18.7. The van der Waals surface area contributed by atoms with Crippen molar-refractivity contribution in [3.8, 4) is 0 Å². The Balaban J connectivity index is 1.63. The predicted octanol–water partition coefficient (Wildman–Crippen LogP) is 1.35. The molecule has 4 aliphatic carbocycles. The number of aliphatic hydroxyl groups excluding tert-OH is 1. The van der Waals surface area contributed by atoms with Crippen LogP contribution in [0.3, 0.4) is 0 Å². The predicted molar refractivity (Wildman–Crippen MR) is 136 cm³/mol. The average Bonchev–Trinajstić information content (AvgIpc) is 3.37. The van der Waals surface area contributed by atoms with Crippen LogP contribution in [0.2, 0.25) is 0 Å². The van der Waals surface area contributed by atoms with Gasteiger partial charge in [-0.05, 0) is 49.5 Å². The Kier molecular flexibility index (Phi) is 7.11. The van der Waals surface area contributed by atoms with Crippen LogP contribution >= 0.6 is 0 Å². The topological polar surface area (TPSA) is 166 Å². The van der Waals surface area contributed by atoms with Gasteiger partial charge in [-0.3, -0.25) is 14.4 Å². The summed E-state index contributed by atoms with van der Waals surface area (Å²) >= 11 is 0. The maximum Gasteiger partial charge on any atom is 0.331 e. The molecule has 0 aromatic carbocycles. The van der Waals surface area contributed by atoms with Crippen LogP contribution in [-0.4, -0.2) is 81.9 Å². The van der Waals surface area contributed by atoms with Crippen LogP contribution in [0.1, 0.15) is 72.6 Å². The molecule has 0 unspecified atom stereocenters. The van der Waals surface area contributed by atoms with E-state index in [1.165, 1.54) is 26.8 Å². The van der Waals surface area contributed by atoms with E-state index in [-0.39, 0.29) is 44.8 Å². The Hall–Kier alpha value is -2.50. The first kappa shape index (κ1) is 29.0. The Labute approximate surface area is 233 Å². The van der Waals surface area contributed by atoms with Gasteiger partial charge < -0.3 is 34.3 Å². The lowest BCUT2D eigenvalue weighted by Crippen LogP contribution is -2.76. The molecule has 0 aromatic heterocycles. The Morgan fingerprint density at radius 2 is 1.73 bits per heavy atom. The monoisotopic (exact) mass is 564 g/mol. The Morgan fingerprint density at radius 1 is 1.02 bits per heavy atom. The maximum atomic E-state index is 12.6. The number of aliphatic hydroxyl groups is 3. The fourth-order valence-corrected chi connectivity index (χ4v) is 9.47. The molecule has 40 heavy (non-hydrogen) atoms. The fourth-order valence-electron chi connectivity index (χ4n) is 9.47. The molecule has 0 aromatic rings. The number of rotatable bonds is 5. The first-order valence-corrected chi connectivity index (χ1v) is 14.1. The van der Waals surface area contributed by atoms with Gasteiger partial charge in [-0.1, -0.05) is 6.92 Å². The Bertz CT molecular complexity index is 1130. The van der Waals surface area contributed by atoms with Gasteiger partial charge in [0.25, 0.3) is 0 Å². The molecule has 4 saturated carbocycles. The summed E-state index contributed by atoms with van der Waals surface area (Å²) in [5, 5.41) is 36.7. The third-order valence-corrected chi connectivity index (χ3v) is 10.9. The van der Waals surface area contributed by atoms with E-state index < -0.39 is 76.1 Å². The van der Waals surface area contributed by atoms with Crippen molar-refractivity contribution in [3.63, 3.8) is 0 Å². The number of ether oxygens (including phenoxy) is 4. The molecule has 0 amide bonds. The molecule has 4 fully saturated rings. The quantitative estimate of drug-likeness (QED) is 0.326. The average molecular weight is 565 g/mol. The highest BCUT2D eigenvalue weighted by molar-refractivity contribution is 5.85. The molecule has 0 saturated heterocycles. The first-order valence-electron chi connectivity index (χ1n) is 14.1. The second-order valence-corrected chi connectivity index (χ2v) is 12.8. The normalized spacial score (nSPS) is 45.8. The van der Waals surface area contributed by atoms with Crippen molar-refractivity contribution in [2.24, 2.45) is 28.6 Å². The molecule has 0 bridgehead atoms. The van der Waals surface area contributed by atoms with Gasteiger partial charge in [0.15, 0.2) is 0 Å². The molecule has 11 heteroatoms. The van der Waals surface area contributed by atoms with E-state index >= 15 is 0 Å². The number of hydrogen-bond acceptors (Lipinski definition) is 11. The van der Waals surface area contributed by atoms with Crippen molar-refractivity contribution in [3.05, 3.63) is 11.6 Å². The summed E-state index contributed by atoms with van der Waals surface area (Å²) in [5.41, 5.74) is -4.43. The van der Waals surface area contributed by atoms with Gasteiger partial charge in [0.1, 0.15) is 25.4 Å². The minimum absolute atomic E-state index is 0.00553. The minimum Gasteiger partial charge on any atom is -0.465 e. The van der Waals surface area contributed by atoms with E-state index in [9.17, 15) is 34.5 Å². The standard InChI is InChI=1S/C29H40O11/c1-15(30)38-14-28-23(33)10-19(39-16(2)31)11-27(28,35)7-5-21-25(28)22(40-17(3)32)12-26(4)20(6-8-29(21,26)36)18-9-24(34)37-13-18/h9,19-23,25,33,35-36H,5-8,10-14H2,1-4H3/t19-,20-,21+,22+,23+,25+,26+,27+,28+,29-/m0/s1. The summed E-state index contributed by atoms with van der Waals surface area (Å²) in [6.07, 6.45) is 0.267. The van der Waals surface area contributed by atoms with Gasteiger partial charge in [0.05, 0.1) is 22.7 Å². The number of fused-ring (bicyclic) bond motifs is 5. The molecule has 11 nitrogen and oxygen atoms in total. The van der Waals surface area contributed by atoms with Crippen molar-refractivity contribution < 1.29 is 53.4 Å². The van der Waals surface area contributed by atoms with E-state index in [0.717, 1.165) is 5.57 Å². The molecule has 1 aliphatic heterocycles. The van der Waals surface area contributed by atoms with E-state index in [1.807, 2.05) is 6.92 Å². The zero-order chi connectivity index (χ0) is 29.3. The highest BCUT2D eigenvalue weighted by Crippen LogP contribution is 2.71. The van der Waals surface area contributed by atoms with Gasteiger partial charge in [-0.15, -0.1) is 0 Å². The van der Waals surface area contributed by atoms with Crippen molar-refractivity contribution in [2.45, 2.75) is 102 Å². The molecule has 222 valence electrons. The second kappa shape index (κ2) is 9.80. The second-order valence-electron chi connectivity index (χ2n) is 12.8. The van der Waals surface area contributed by atoms with Gasteiger partial charge in [-0.2, -0.15) is 0 Å². The summed E-state index contributed by atoms with van der Waals surface area (Å²) < 4.78 is 22.1. The third-order valence-electron chi connectivity index (χ3n) is 10.9. The zero-order valence-electron chi connectivity index (χ0n) is 23.5. The number of hydrogen-bond donors (Lipinski definition) is 3. The van der Waals surface area contributed by atoms with Crippen LogP contribution in [0.25, 0.3) is 0 Å². The van der Waals surface area contributed by atoms with Crippen LogP contribution in [-0.2, 0) is 38.1 Å². The largest absolute Gasteiger partial charge is 0.465 e. The van der Waals surface area contributed by atoms with Crippen molar-refractivity contribution in [1.29, 1.82) is 0 Å². The third kappa shape index (κ3) is 4.18. The molecule has 5 rings (SSSR count). The van der Waals surface area contributed by atoms with Crippen LogP contribution in [0, 0.1) is 28.6 Å². The van der Waals surface area contributed by atoms with Crippen LogP contribution < -0.4 is 0 Å². The van der Waals surface area contributed by atoms with Gasteiger partial charge in [0, 0.05) is 51.0 Å². The van der Waals surface area contributed by atoms with Crippen LogP contribution in [0.4, 0.5) is 0 Å². The number of carbonyl (C=O) groups is 4. The lowest BCUT2D eigenvalue weighted by molar-refractivity contribution is -0.319. The lowest BCUT2D eigenvalue weighted by Gasteiger charge is -2.68. The number of esters is 4. The van der Waals surface area contributed by atoms with Gasteiger partial charge in [-0.25, -0.2) is 4.79 Å². The zero-order valence-corrected chi connectivity index (χ0v) is 23.5. The maximum absolute atomic E-state index is 12.6. The highest BCUT2D eigenvalue weighted by Gasteiger charge is 2.76. The van der Waals surface area contributed by atoms with Crippen molar-refractivity contribution in [1.82, 2.24) is 0 Å². The van der Waals surface area contributed by atoms with E-state index in [0.29, 0.717) is 19.3 Å². The SMILES string of the molecule is CC(=O)OC[C@@]12[C@@H]3[C@@H](CC[C@@]1(O)C[C@@H](OC(C)=O)C[C@H]2O)[C@@]1(O)CC[C@@H](C2=CC(=O)OC2)[C@@]1(C)C[C@H]3OC(C)=O. The summed E-state index contributed by atoms with van der Waals surface area (Å²) in [4.78, 5) is 48.2. The fraction of sp³-hybridized carbons (Fsp3) is 0.793. The molecule has 3 N–H and O–H groups in total. The van der Waals surface area contributed by atoms with E-state index in [4.69, 9.17) is 18.9 Å². The molecular formula is C29H40O11. The molecule has 10 atom stereocenters. The smallest absolute Gasteiger partial charge is 0.331 e. The summed E-state index contributed by atoms with van der Waals surface area (Å²) in [6, 6.07) is 0. The van der Waals surface area contributed by atoms with E-state index in [1.54, 1.807) is 0 Å². The summed E-state index contributed by atoms with van der Waals surface area (Å²) in [7, 11) is 0. The highest BCUT2D eigenvalue weighted by atomic mass is 16.6. The van der Waals surface area contributed by atoms with Gasteiger partial charge in [0.2, 0.25) is 0 Å². The minimum atomic E-state index is -1.64. The number of carbonyl (C=O) groups excluding carboxylic acids is 4.